The maximum atomic E-state index is 12.8. The zero-order valence-corrected chi connectivity index (χ0v) is 18.4. The van der Waals surface area contributed by atoms with Gasteiger partial charge in [-0.25, -0.2) is 4.79 Å². The molecule has 0 unspecified atom stereocenters. The molecule has 0 radical (unpaired) electrons. The Bertz CT molecular complexity index is 1200. The zero-order chi connectivity index (χ0) is 23.4. The van der Waals surface area contributed by atoms with Crippen LogP contribution in [-0.4, -0.2) is 26.2 Å². The lowest BCUT2D eigenvalue weighted by Crippen LogP contribution is -2.31. The number of hydrogen-bond acceptors (Lipinski definition) is 5. The third kappa shape index (κ3) is 5.62. The number of fused-ring (bicyclic) bond motifs is 1. The van der Waals surface area contributed by atoms with Crippen LogP contribution < -0.4 is 11.0 Å². The van der Waals surface area contributed by atoms with E-state index in [4.69, 9.17) is 0 Å². The van der Waals surface area contributed by atoms with Gasteiger partial charge in [-0.3, -0.25) is 14.3 Å². The summed E-state index contributed by atoms with van der Waals surface area (Å²) in [5, 5.41) is 3.12. The van der Waals surface area contributed by atoms with Crippen LogP contribution in [0.25, 0.3) is 0 Å². The van der Waals surface area contributed by atoms with Crippen molar-refractivity contribution in [2.24, 2.45) is 0 Å². The Labute approximate surface area is 192 Å². The SMILES string of the molecule is O=C(CSc1nc(=O)n(Cc2ccccn2)c2c1CCCC2)Nc1ccc(C(F)(F)F)cc1. The van der Waals surface area contributed by atoms with Gasteiger partial charge in [0.2, 0.25) is 5.91 Å². The van der Waals surface area contributed by atoms with Crippen molar-refractivity contribution < 1.29 is 18.0 Å². The number of thioether (sulfide) groups is 1. The van der Waals surface area contributed by atoms with Crippen molar-refractivity contribution in [2.75, 3.05) is 11.1 Å². The summed E-state index contributed by atoms with van der Waals surface area (Å²) >= 11 is 1.17. The molecule has 6 nitrogen and oxygen atoms in total. The molecule has 2 aromatic heterocycles. The first kappa shape index (κ1) is 23.0. The van der Waals surface area contributed by atoms with Crippen LogP contribution >= 0.6 is 11.8 Å². The molecule has 4 rings (SSSR count). The van der Waals surface area contributed by atoms with E-state index >= 15 is 0 Å². The van der Waals surface area contributed by atoms with E-state index in [1.807, 2.05) is 18.2 Å². The quantitative estimate of drug-likeness (QED) is 0.426. The van der Waals surface area contributed by atoms with Crippen LogP contribution in [-0.2, 0) is 30.4 Å². The Morgan fingerprint density at radius 2 is 1.85 bits per heavy atom. The van der Waals surface area contributed by atoms with Crippen molar-refractivity contribution in [3.8, 4) is 0 Å². The summed E-state index contributed by atoms with van der Waals surface area (Å²) in [5.74, 6) is -0.395. The molecular formula is C23H21F3N4O2S. The molecule has 0 saturated heterocycles. The van der Waals surface area contributed by atoms with E-state index in [-0.39, 0.29) is 23.0 Å². The van der Waals surface area contributed by atoms with Crippen molar-refractivity contribution in [1.82, 2.24) is 14.5 Å². The Kier molecular flexibility index (Phi) is 6.83. The van der Waals surface area contributed by atoms with Crippen LogP contribution in [0, 0.1) is 0 Å². The number of anilines is 1. The smallest absolute Gasteiger partial charge is 0.325 e. The van der Waals surface area contributed by atoms with Crippen LogP contribution in [0.5, 0.6) is 0 Å². The molecule has 3 aromatic rings. The van der Waals surface area contributed by atoms with Gasteiger partial charge in [0.25, 0.3) is 0 Å². The topological polar surface area (TPSA) is 76.9 Å². The molecule has 0 spiro atoms. The Morgan fingerprint density at radius 1 is 1.09 bits per heavy atom. The van der Waals surface area contributed by atoms with E-state index < -0.39 is 11.7 Å². The zero-order valence-electron chi connectivity index (χ0n) is 17.6. The number of carbonyl (C=O) groups is 1. The second-order valence-electron chi connectivity index (χ2n) is 7.65. The highest BCUT2D eigenvalue weighted by Gasteiger charge is 2.30. The number of amides is 1. The van der Waals surface area contributed by atoms with Crippen molar-refractivity contribution in [3.63, 3.8) is 0 Å². The Balaban J connectivity index is 1.47. The third-order valence-corrected chi connectivity index (χ3v) is 6.35. The highest BCUT2D eigenvalue weighted by Crippen LogP contribution is 2.31. The number of halogens is 3. The standard InChI is InChI=1S/C23H21F3N4O2S/c24-23(25,26)15-8-10-16(11-9-15)28-20(31)14-33-21-18-6-1-2-7-19(18)30(22(32)29-21)13-17-5-3-4-12-27-17/h3-5,8-12H,1-2,6-7,13-14H2,(H,28,31). The molecule has 1 aliphatic carbocycles. The number of benzene rings is 1. The van der Waals surface area contributed by atoms with Crippen LogP contribution in [0.1, 0.15) is 35.4 Å². The largest absolute Gasteiger partial charge is 0.416 e. The van der Waals surface area contributed by atoms with Gasteiger partial charge in [-0.15, -0.1) is 0 Å². The van der Waals surface area contributed by atoms with Gasteiger partial charge in [0.1, 0.15) is 5.03 Å². The van der Waals surface area contributed by atoms with Crippen molar-refractivity contribution >= 4 is 23.4 Å². The minimum atomic E-state index is -4.43. The first-order valence-corrected chi connectivity index (χ1v) is 11.4. The first-order chi connectivity index (χ1) is 15.8. The highest BCUT2D eigenvalue weighted by molar-refractivity contribution is 8.00. The van der Waals surface area contributed by atoms with Crippen LogP contribution in [0.3, 0.4) is 0 Å². The number of nitrogens with one attached hydrogen (secondary N) is 1. The lowest BCUT2D eigenvalue weighted by Gasteiger charge is -2.22. The number of aromatic nitrogens is 3. The second kappa shape index (κ2) is 9.78. The molecule has 0 saturated carbocycles. The van der Waals surface area contributed by atoms with Crippen LogP contribution in [0.4, 0.5) is 18.9 Å². The maximum absolute atomic E-state index is 12.8. The predicted octanol–water partition coefficient (Wildman–Crippen LogP) is 4.32. The molecule has 0 bridgehead atoms. The summed E-state index contributed by atoms with van der Waals surface area (Å²) in [6, 6.07) is 9.80. The van der Waals surface area contributed by atoms with Crippen molar-refractivity contribution in [1.29, 1.82) is 0 Å². The molecule has 2 heterocycles. The van der Waals surface area contributed by atoms with E-state index in [9.17, 15) is 22.8 Å². The summed E-state index contributed by atoms with van der Waals surface area (Å²) in [4.78, 5) is 33.7. The predicted molar refractivity (Wildman–Crippen MR) is 119 cm³/mol. The lowest BCUT2D eigenvalue weighted by molar-refractivity contribution is -0.137. The van der Waals surface area contributed by atoms with Gasteiger partial charge in [0.15, 0.2) is 0 Å². The molecule has 172 valence electrons. The van der Waals surface area contributed by atoms with E-state index in [2.05, 4.69) is 15.3 Å². The summed E-state index contributed by atoms with van der Waals surface area (Å²) in [5.41, 5.74) is 1.78. The summed E-state index contributed by atoms with van der Waals surface area (Å²) in [6.45, 7) is 0.342. The number of alkyl halides is 3. The van der Waals surface area contributed by atoms with Crippen LogP contribution in [0.2, 0.25) is 0 Å². The van der Waals surface area contributed by atoms with E-state index in [1.165, 1.54) is 23.9 Å². The molecule has 0 fully saturated rings. The molecule has 33 heavy (non-hydrogen) atoms. The third-order valence-electron chi connectivity index (χ3n) is 5.33. The fraction of sp³-hybridized carbons (Fsp3) is 0.304. The number of hydrogen-bond donors (Lipinski definition) is 1. The minimum Gasteiger partial charge on any atom is -0.325 e. The van der Waals surface area contributed by atoms with Gasteiger partial charge in [-0.1, -0.05) is 17.8 Å². The van der Waals surface area contributed by atoms with Crippen LogP contribution in [0.15, 0.2) is 58.5 Å². The van der Waals surface area contributed by atoms with E-state index in [1.54, 1.807) is 10.8 Å². The van der Waals surface area contributed by atoms with Gasteiger partial charge in [0, 0.05) is 23.1 Å². The molecule has 1 N–H and O–H groups in total. The summed E-state index contributed by atoms with van der Waals surface area (Å²) in [7, 11) is 0. The van der Waals surface area contributed by atoms with E-state index in [0.29, 0.717) is 11.6 Å². The molecule has 10 heteroatoms. The van der Waals surface area contributed by atoms with Crippen molar-refractivity contribution in [2.45, 2.75) is 43.4 Å². The van der Waals surface area contributed by atoms with Gasteiger partial charge in [-0.2, -0.15) is 18.2 Å². The molecule has 0 atom stereocenters. The van der Waals surface area contributed by atoms with Gasteiger partial charge >= 0.3 is 11.9 Å². The van der Waals surface area contributed by atoms with Gasteiger partial charge in [-0.05, 0) is 62.1 Å². The molecule has 1 amide bonds. The Hall–Kier alpha value is -3.14. The number of rotatable bonds is 6. The number of carbonyl (C=O) groups excluding carboxylic acids is 1. The van der Waals surface area contributed by atoms with E-state index in [0.717, 1.165) is 54.8 Å². The highest BCUT2D eigenvalue weighted by atomic mass is 32.2. The van der Waals surface area contributed by atoms with Crippen molar-refractivity contribution in [3.05, 3.63) is 81.7 Å². The average molecular weight is 475 g/mol. The van der Waals surface area contributed by atoms with Gasteiger partial charge in [0.05, 0.1) is 23.6 Å². The number of nitrogens with zero attached hydrogens (tertiary/aromatic N) is 3. The summed E-state index contributed by atoms with van der Waals surface area (Å²) in [6.07, 6.45) is 0.720. The molecule has 1 aromatic carbocycles. The minimum absolute atomic E-state index is 0.00977. The summed E-state index contributed by atoms with van der Waals surface area (Å²) < 4.78 is 39.7. The first-order valence-electron chi connectivity index (χ1n) is 10.4. The Morgan fingerprint density at radius 3 is 2.55 bits per heavy atom. The fourth-order valence-electron chi connectivity index (χ4n) is 3.76. The number of pyridine rings is 1. The van der Waals surface area contributed by atoms with Gasteiger partial charge < -0.3 is 5.32 Å². The maximum Gasteiger partial charge on any atom is 0.416 e. The lowest BCUT2D eigenvalue weighted by atomic mass is 9.97. The molecule has 1 aliphatic rings. The molecular weight excluding hydrogens is 453 g/mol. The second-order valence-corrected chi connectivity index (χ2v) is 8.62. The fourth-order valence-corrected chi connectivity index (χ4v) is 4.63. The normalized spacial score (nSPS) is 13.4. The molecule has 0 aliphatic heterocycles. The average Bonchev–Trinajstić information content (AvgIpc) is 2.80. The monoisotopic (exact) mass is 474 g/mol.